The highest BCUT2D eigenvalue weighted by molar-refractivity contribution is 7.98. The second-order valence-electron chi connectivity index (χ2n) is 5.89. The van der Waals surface area contributed by atoms with Crippen LogP contribution in [-0.2, 0) is 10.5 Å². The number of carbonyl (C=O) groups is 1. The summed E-state index contributed by atoms with van der Waals surface area (Å²) < 4.78 is 0. The van der Waals surface area contributed by atoms with E-state index >= 15 is 0 Å². The smallest absolute Gasteiger partial charge is 0.224 e. The van der Waals surface area contributed by atoms with E-state index in [1.54, 1.807) is 18.0 Å². The molecule has 1 N–H and O–H groups in total. The fourth-order valence-corrected chi connectivity index (χ4v) is 3.23. The number of hydrogen-bond acceptors (Lipinski definition) is 3. The van der Waals surface area contributed by atoms with Crippen molar-refractivity contribution in [2.75, 3.05) is 5.32 Å². The highest BCUT2D eigenvalue weighted by Crippen LogP contribution is 2.24. The maximum atomic E-state index is 11.9. The molecule has 0 bridgehead atoms. The summed E-state index contributed by atoms with van der Waals surface area (Å²) >= 11 is 1.77. The van der Waals surface area contributed by atoms with Crippen LogP contribution in [0.4, 0.5) is 5.69 Å². The third kappa shape index (κ3) is 7.18. The van der Waals surface area contributed by atoms with Gasteiger partial charge in [-0.3, -0.25) is 9.78 Å². The summed E-state index contributed by atoms with van der Waals surface area (Å²) in [7, 11) is 0. The summed E-state index contributed by atoms with van der Waals surface area (Å²) in [6.45, 7) is 2.20. The number of amides is 1. The number of nitrogens with zero attached hydrogens (tertiary/aromatic N) is 1. The predicted molar refractivity (Wildman–Crippen MR) is 102 cm³/mol. The van der Waals surface area contributed by atoms with Gasteiger partial charge < -0.3 is 5.32 Å². The number of unbranched alkanes of at least 4 members (excludes halogenated alkanes) is 4. The third-order valence-corrected chi connectivity index (χ3v) is 4.86. The summed E-state index contributed by atoms with van der Waals surface area (Å²) in [5, 5.41) is 2.98. The third-order valence-electron chi connectivity index (χ3n) is 3.77. The first kappa shape index (κ1) is 18.5. The molecule has 0 aliphatic rings. The van der Waals surface area contributed by atoms with Gasteiger partial charge in [-0.2, -0.15) is 0 Å². The summed E-state index contributed by atoms with van der Waals surface area (Å²) in [6.07, 6.45) is 10.1. The number of aromatic nitrogens is 1. The lowest BCUT2D eigenvalue weighted by Crippen LogP contribution is -2.10. The normalized spacial score (nSPS) is 10.5. The van der Waals surface area contributed by atoms with Gasteiger partial charge in [-0.1, -0.05) is 38.7 Å². The monoisotopic (exact) mass is 342 g/mol. The molecule has 2 aromatic rings. The SMILES string of the molecule is CCCCCCCC(=O)Nc1ccc(SCc2cccnc2)cc1. The van der Waals surface area contributed by atoms with E-state index in [0.717, 1.165) is 24.3 Å². The zero-order chi connectivity index (χ0) is 17.0. The molecule has 0 saturated carbocycles. The molecule has 1 amide bonds. The first-order valence-electron chi connectivity index (χ1n) is 8.69. The lowest BCUT2D eigenvalue weighted by molar-refractivity contribution is -0.116. The van der Waals surface area contributed by atoms with Crippen molar-refractivity contribution in [3.8, 4) is 0 Å². The van der Waals surface area contributed by atoms with Crippen molar-refractivity contribution >= 4 is 23.4 Å². The quantitative estimate of drug-likeness (QED) is 0.446. The lowest BCUT2D eigenvalue weighted by Gasteiger charge is -2.07. The number of anilines is 1. The van der Waals surface area contributed by atoms with Gasteiger partial charge in [0.2, 0.25) is 5.91 Å². The van der Waals surface area contributed by atoms with Gasteiger partial charge >= 0.3 is 0 Å². The number of benzene rings is 1. The van der Waals surface area contributed by atoms with E-state index in [-0.39, 0.29) is 5.91 Å². The van der Waals surface area contributed by atoms with Crippen LogP contribution in [0, 0.1) is 0 Å². The minimum atomic E-state index is 0.113. The van der Waals surface area contributed by atoms with Crippen LogP contribution in [-0.4, -0.2) is 10.9 Å². The van der Waals surface area contributed by atoms with Crippen molar-refractivity contribution in [3.05, 3.63) is 54.4 Å². The lowest BCUT2D eigenvalue weighted by atomic mass is 10.1. The van der Waals surface area contributed by atoms with Crippen LogP contribution in [0.1, 0.15) is 51.0 Å². The molecular formula is C20H26N2OS. The largest absolute Gasteiger partial charge is 0.326 e. The van der Waals surface area contributed by atoms with E-state index in [1.807, 2.05) is 24.4 Å². The molecular weight excluding hydrogens is 316 g/mol. The van der Waals surface area contributed by atoms with Crippen molar-refractivity contribution < 1.29 is 4.79 Å². The van der Waals surface area contributed by atoms with Crippen molar-refractivity contribution in [3.63, 3.8) is 0 Å². The summed E-state index contributed by atoms with van der Waals surface area (Å²) in [4.78, 5) is 17.2. The fraction of sp³-hybridized carbons (Fsp3) is 0.400. The number of nitrogens with one attached hydrogen (secondary N) is 1. The molecule has 0 aliphatic heterocycles. The van der Waals surface area contributed by atoms with E-state index in [0.29, 0.717) is 6.42 Å². The van der Waals surface area contributed by atoms with Crippen LogP contribution in [0.5, 0.6) is 0 Å². The first-order chi connectivity index (χ1) is 11.8. The standard InChI is InChI=1S/C20H26N2OS/c1-2-3-4-5-6-9-20(23)22-18-10-12-19(13-11-18)24-16-17-8-7-14-21-15-17/h7-8,10-15H,2-6,9,16H2,1H3,(H,22,23). The maximum Gasteiger partial charge on any atom is 0.224 e. The molecule has 0 fully saturated rings. The van der Waals surface area contributed by atoms with Crippen LogP contribution in [0.2, 0.25) is 0 Å². The van der Waals surface area contributed by atoms with E-state index in [2.05, 4.69) is 35.4 Å². The number of pyridine rings is 1. The summed E-state index contributed by atoms with van der Waals surface area (Å²) in [5.74, 6) is 1.01. The van der Waals surface area contributed by atoms with Crippen LogP contribution < -0.4 is 5.32 Å². The molecule has 1 heterocycles. The van der Waals surface area contributed by atoms with Gasteiger partial charge in [-0.05, 0) is 42.3 Å². The second kappa shape index (κ2) is 10.9. The Morgan fingerprint density at radius 1 is 1.08 bits per heavy atom. The molecule has 24 heavy (non-hydrogen) atoms. The Labute approximate surface area is 149 Å². The van der Waals surface area contributed by atoms with Crippen molar-refractivity contribution in [1.29, 1.82) is 0 Å². The Balaban J connectivity index is 1.70. The Morgan fingerprint density at radius 3 is 2.58 bits per heavy atom. The van der Waals surface area contributed by atoms with Crippen molar-refractivity contribution in [1.82, 2.24) is 4.98 Å². The topological polar surface area (TPSA) is 42.0 Å². The van der Waals surface area contributed by atoms with Gasteiger partial charge in [0.1, 0.15) is 0 Å². The average Bonchev–Trinajstić information content (AvgIpc) is 2.62. The highest BCUT2D eigenvalue weighted by atomic mass is 32.2. The maximum absolute atomic E-state index is 11.9. The Bertz CT molecular complexity index is 599. The molecule has 1 aromatic heterocycles. The van der Waals surface area contributed by atoms with E-state index in [1.165, 1.54) is 29.7 Å². The summed E-state index contributed by atoms with van der Waals surface area (Å²) in [5.41, 5.74) is 2.09. The number of hydrogen-bond donors (Lipinski definition) is 1. The van der Waals surface area contributed by atoms with E-state index < -0.39 is 0 Å². The van der Waals surface area contributed by atoms with Gasteiger partial charge in [0, 0.05) is 35.2 Å². The Morgan fingerprint density at radius 2 is 1.88 bits per heavy atom. The molecule has 0 unspecified atom stereocenters. The van der Waals surface area contributed by atoms with E-state index in [4.69, 9.17) is 0 Å². The minimum absolute atomic E-state index is 0.113. The van der Waals surface area contributed by atoms with Crippen molar-refractivity contribution in [2.24, 2.45) is 0 Å². The predicted octanol–water partition coefficient (Wildman–Crippen LogP) is 5.67. The van der Waals surface area contributed by atoms with Gasteiger partial charge in [0.15, 0.2) is 0 Å². The second-order valence-corrected chi connectivity index (χ2v) is 6.94. The molecule has 1 aromatic carbocycles. The first-order valence-corrected chi connectivity index (χ1v) is 9.68. The number of thioether (sulfide) groups is 1. The van der Waals surface area contributed by atoms with Gasteiger partial charge in [-0.25, -0.2) is 0 Å². The van der Waals surface area contributed by atoms with Crippen LogP contribution >= 0.6 is 11.8 Å². The molecule has 3 nitrogen and oxygen atoms in total. The minimum Gasteiger partial charge on any atom is -0.326 e. The number of rotatable bonds is 10. The molecule has 0 spiro atoms. The van der Waals surface area contributed by atoms with Gasteiger partial charge in [-0.15, -0.1) is 11.8 Å². The Hall–Kier alpha value is -1.81. The van der Waals surface area contributed by atoms with E-state index in [9.17, 15) is 4.79 Å². The van der Waals surface area contributed by atoms with Crippen molar-refractivity contribution in [2.45, 2.75) is 56.1 Å². The molecule has 0 atom stereocenters. The zero-order valence-electron chi connectivity index (χ0n) is 14.3. The number of carbonyl (C=O) groups excluding carboxylic acids is 1. The average molecular weight is 343 g/mol. The molecule has 0 aliphatic carbocycles. The Kier molecular flexibility index (Phi) is 8.39. The molecule has 0 radical (unpaired) electrons. The van der Waals surface area contributed by atoms with Crippen LogP contribution in [0.25, 0.3) is 0 Å². The highest BCUT2D eigenvalue weighted by Gasteiger charge is 2.03. The van der Waals surface area contributed by atoms with Gasteiger partial charge in [0.25, 0.3) is 0 Å². The molecule has 2 rings (SSSR count). The molecule has 4 heteroatoms. The zero-order valence-corrected chi connectivity index (χ0v) is 15.1. The molecule has 0 saturated heterocycles. The molecule has 128 valence electrons. The fourth-order valence-electron chi connectivity index (χ4n) is 2.40. The van der Waals surface area contributed by atoms with Crippen LogP contribution in [0.15, 0.2) is 53.7 Å². The summed E-state index contributed by atoms with van der Waals surface area (Å²) in [6, 6.07) is 12.1. The van der Waals surface area contributed by atoms with Crippen LogP contribution in [0.3, 0.4) is 0 Å². The van der Waals surface area contributed by atoms with Gasteiger partial charge in [0.05, 0.1) is 0 Å².